The molecule has 322 valence electrons. The number of aromatic nitrogens is 3. The molecule has 0 unspecified atom stereocenters. The quantitative estimate of drug-likeness (QED) is 0.175. The van der Waals surface area contributed by atoms with Crippen LogP contribution in [0.4, 0.5) is 0 Å². The van der Waals surface area contributed by atoms with Crippen molar-refractivity contribution in [2.75, 3.05) is 0 Å². The van der Waals surface area contributed by atoms with Crippen molar-refractivity contribution in [2.45, 2.75) is 78.6 Å². The summed E-state index contributed by atoms with van der Waals surface area (Å²) in [6.45, 7) is 19.9. The Hall–Kier alpha value is -6.29. The van der Waals surface area contributed by atoms with Gasteiger partial charge in [-0.25, -0.2) is 4.98 Å². The van der Waals surface area contributed by atoms with E-state index in [-0.39, 0.29) is 43.1 Å². The van der Waals surface area contributed by atoms with E-state index in [4.69, 9.17) is 14.4 Å². The fourth-order valence-electron chi connectivity index (χ4n) is 9.03. The molecule has 10 rings (SSSR count). The molecule has 6 heteroatoms. The van der Waals surface area contributed by atoms with Gasteiger partial charge >= 0.3 is 0 Å². The van der Waals surface area contributed by atoms with E-state index in [1.165, 1.54) is 10.9 Å². The van der Waals surface area contributed by atoms with Crippen molar-refractivity contribution in [3.8, 4) is 56.3 Å². The standard InChI is InChI=1S/C58H52N3O2.Pt/c1-56(2,3)39-26-27-47(44(32-39)35-17-11-10-12-18-35)61-48-24-16-23-42(52(48)60-55(61)45-33-40(57(4,5)6)34-46(53(45)62)58(7,8)9)37-20-15-21-38(31-37)51-54-43(29-30-59-51)50-41-22-14-13-19-36(41)25-28-49(50)63-54;/h10-30,32-34,62H,1-9H3;/q-1;. The minimum Gasteiger partial charge on any atom is -0.507 e. The van der Waals surface area contributed by atoms with Crippen molar-refractivity contribution in [1.82, 2.24) is 14.5 Å². The molecule has 0 aliphatic rings. The molecule has 3 heterocycles. The van der Waals surface area contributed by atoms with Gasteiger partial charge in [0.25, 0.3) is 0 Å². The van der Waals surface area contributed by atoms with E-state index in [1.807, 2.05) is 18.3 Å². The summed E-state index contributed by atoms with van der Waals surface area (Å²) in [5, 5.41) is 16.9. The Morgan fingerprint density at radius 3 is 2.05 bits per heavy atom. The Morgan fingerprint density at radius 2 is 1.30 bits per heavy atom. The zero-order chi connectivity index (χ0) is 44.0. The number of imidazole rings is 1. The molecule has 0 fully saturated rings. The van der Waals surface area contributed by atoms with Gasteiger partial charge in [0.1, 0.15) is 22.7 Å². The third-order valence-electron chi connectivity index (χ3n) is 12.5. The number of hydrogen-bond acceptors (Lipinski definition) is 4. The molecular weight excluding hydrogens is 966 g/mol. The SMILES string of the molecule is CC(C)(C)c1ccc(-n2c(-c3cc(C(C)(C)C)cc(C(C)(C)C)c3O)nc3c(-c4[c-]c(-c5nccc6c5oc5ccc7ccccc7c56)ccc4)cccc32)c(-c2ccccc2)c1.[Pt]. The summed E-state index contributed by atoms with van der Waals surface area (Å²) < 4.78 is 8.87. The molecule has 0 amide bonds. The Bertz CT molecular complexity index is 3410. The average Bonchev–Trinajstić information content (AvgIpc) is 3.85. The van der Waals surface area contributed by atoms with Crippen molar-refractivity contribution in [3.63, 3.8) is 0 Å². The number of rotatable bonds is 5. The molecule has 0 bridgehead atoms. The number of hydrogen-bond donors (Lipinski definition) is 1. The summed E-state index contributed by atoms with van der Waals surface area (Å²) in [4.78, 5) is 10.5. The van der Waals surface area contributed by atoms with Crippen LogP contribution in [-0.4, -0.2) is 19.6 Å². The van der Waals surface area contributed by atoms with E-state index < -0.39 is 0 Å². The van der Waals surface area contributed by atoms with Crippen LogP contribution in [0.3, 0.4) is 0 Å². The van der Waals surface area contributed by atoms with Crippen molar-refractivity contribution in [3.05, 3.63) is 168 Å². The smallest absolute Gasteiger partial charge is 0.148 e. The monoisotopic (exact) mass is 1020 g/mol. The fourth-order valence-corrected chi connectivity index (χ4v) is 9.03. The first-order valence-corrected chi connectivity index (χ1v) is 21.9. The molecule has 3 aromatic heterocycles. The zero-order valence-electron chi connectivity index (χ0n) is 37.9. The van der Waals surface area contributed by atoms with Crippen LogP contribution in [-0.2, 0) is 37.3 Å². The zero-order valence-corrected chi connectivity index (χ0v) is 40.1. The van der Waals surface area contributed by atoms with Gasteiger partial charge in [0, 0.05) is 54.9 Å². The van der Waals surface area contributed by atoms with Gasteiger partial charge in [-0.05, 0) is 80.1 Å². The number of furan rings is 1. The third-order valence-corrected chi connectivity index (χ3v) is 12.5. The van der Waals surface area contributed by atoms with Crippen LogP contribution in [0.25, 0.3) is 94.3 Å². The van der Waals surface area contributed by atoms with Crippen LogP contribution in [0, 0.1) is 6.07 Å². The first kappa shape index (κ1) is 43.0. The molecular formula is C58H52N3O2Pt-. The van der Waals surface area contributed by atoms with Crippen LogP contribution in [0.1, 0.15) is 79.0 Å². The Balaban J connectivity index is 0.00000518. The van der Waals surface area contributed by atoms with E-state index in [1.54, 1.807) is 0 Å². The largest absolute Gasteiger partial charge is 0.507 e. The number of pyridine rings is 1. The number of fused-ring (bicyclic) bond motifs is 6. The number of phenolic OH excluding ortho intramolecular Hbond substituents is 1. The molecule has 0 saturated heterocycles. The van der Waals surface area contributed by atoms with Crippen molar-refractivity contribution in [2.24, 2.45) is 0 Å². The van der Waals surface area contributed by atoms with E-state index in [9.17, 15) is 5.11 Å². The van der Waals surface area contributed by atoms with E-state index in [0.717, 1.165) is 88.7 Å². The summed E-state index contributed by atoms with van der Waals surface area (Å²) in [7, 11) is 0. The van der Waals surface area contributed by atoms with Gasteiger partial charge in [0.05, 0.1) is 22.3 Å². The maximum Gasteiger partial charge on any atom is 0.148 e. The Labute approximate surface area is 390 Å². The predicted molar refractivity (Wildman–Crippen MR) is 262 cm³/mol. The van der Waals surface area contributed by atoms with Crippen LogP contribution in [0.5, 0.6) is 5.75 Å². The maximum atomic E-state index is 12.5. The van der Waals surface area contributed by atoms with E-state index in [0.29, 0.717) is 11.4 Å². The second-order valence-corrected chi connectivity index (χ2v) is 20.0. The van der Waals surface area contributed by atoms with Crippen LogP contribution in [0.15, 0.2) is 150 Å². The minimum absolute atomic E-state index is 0. The van der Waals surface area contributed by atoms with Gasteiger partial charge in [0.15, 0.2) is 0 Å². The van der Waals surface area contributed by atoms with Crippen LogP contribution >= 0.6 is 0 Å². The molecule has 0 radical (unpaired) electrons. The number of benzene rings is 7. The first-order chi connectivity index (χ1) is 30.1. The molecule has 0 saturated carbocycles. The minimum atomic E-state index is -0.328. The second kappa shape index (κ2) is 15.7. The van der Waals surface area contributed by atoms with Crippen molar-refractivity contribution < 1.29 is 30.6 Å². The van der Waals surface area contributed by atoms with Crippen LogP contribution in [0.2, 0.25) is 0 Å². The second-order valence-electron chi connectivity index (χ2n) is 20.0. The molecule has 64 heavy (non-hydrogen) atoms. The van der Waals surface area contributed by atoms with Crippen LogP contribution < -0.4 is 0 Å². The Kier molecular flexibility index (Phi) is 10.6. The maximum absolute atomic E-state index is 12.5. The molecule has 0 aliphatic heterocycles. The third kappa shape index (κ3) is 7.34. The van der Waals surface area contributed by atoms with Gasteiger partial charge < -0.3 is 9.52 Å². The van der Waals surface area contributed by atoms with Gasteiger partial charge in [-0.3, -0.25) is 9.55 Å². The van der Waals surface area contributed by atoms with Gasteiger partial charge in [-0.2, -0.15) is 0 Å². The summed E-state index contributed by atoms with van der Waals surface area (Å²) in [5.41, 5.74) is 13.2. The van der Waals surface area contributed by atoms with Gasteiger partial charge in [-0.1, -0.05) is 158 Å². The average molecular weight is 1020 g/mol. The fraction of sp³-hybridized carbons (Fsp3) is 0.207. The molecule has 0 spiro atoms. The topological polar surface area (TPSA) is 64.1 Å². The molecule has 10 aromatic rings. The summed E-state index contributed by atoms with van der Waals surface area (Å²) in [5.74, 6) is 0.914. The summed E-state index contributed by atoms with van der Waals surface area (Å²) in [6, 6.07) is 52.6. The normalized spacial score (nSPS) is 12.4. The molecule has 0 atom stereocenters. The van der Waals surface area contributed by atoms with Crippen molar-refractivity contribution >= 4 is 43.7 Å². The summed E-state index contributed by atoms with van der Waals surface area (Å²) in [6.07, 6.45) is 1.86. The van der Waals surface area contributed by atoms with E-state index >= 15 is 0 Å². The Morgan fingerprint density at radius 1 is 0.594 bits per heavy atom. The number of phenols is 1. The molecule has 7 aromatic carbocycles. The predicted octanol–water partition coefficient (Wildman–Crippen LogP) is 15.5. The molecule has 5 nitrogen and oxygen atoms in total. The van der Waals surface area contributed by atoms with Gasteiger partial charge in [0.2, 0.25) is 0 Å². The first-order valence-electron chi connectivity index (χ1n) is 21.9. The van der Waals surface area contributed by atoms with E-state index in [2.05, 4.69) is 200 Å². The van der Waals surface area contributed by atoms with Gasteiger partial charge in [-0.15, -0.1) is 29.8 Å². The summed E-state index contributed by atoms with van der Waals surface area (Å²) >= 11 is 0. The molecule has 0 aliphatic carbocycles. The number of para-hydroxylation sites is 1. The molecule has 1 N–H and O–H groups in total. The number of aromatic hydroxyl groups is 1. The number of nitrogens with zero attached hydrogens (tertiary/aromatic N) is 3. The van der Waals surface area contributed by atoms with Crippen molar-refractivity contribution in [1.29, 1.82) is 0 Å².